The predicted octanol–water partition coefficient (Wildman–Crippen LogP) is 4.82. The molecule has 3 rings (SSSR count). The molecule has 0 saturated carbocycles. The average Bonchev–Trinajstić information content (AvgIpc) is 2.58. The van der Waals surface area contributed by atoms with E-state index in [9.17, 15) is 9.18 Å². The van der Waals surface area contributed by atoms with Crippen LogP contribution in [0, 0.1) is 5.82 Å². The van der Waals surface area contributed by atoms with Crippen LogP contribution in [0.3, 0.4) is 0 Å². The molecule has 0 fully saturated rings. The fraction of sp³-hybridized carbons (Fsp3) is 0. The zero-order valence-corrected chi connectivity index (χ0v) is 12.3. The first kappa shape index (κ1) is 14.8. The minimum absolute atomic E-state index is 0.0158. The van der Waals surface area contributed by atoms with Crippen LogP contribution in [0.1, 0.15) is 10.4 Å². The lowest BCUT2D eigenvalue weighted by Gasteiger charge is -2.13. The van der Waals surface area contributed by atoms with Crippen LogP contribution in [0.5, 0.6) is 0 Å². The number of hydrogen-bond donors (Lipinski definition) is 2. The van der Waals surface area contributed by atoms with Gasteiger partial charge in [-0.15, -0.1) is 0 Å². The molecule has 0 aromatic heterocycles. The second-order valence-corrected chi connectivity index (χ2v) is 4.97. The minimum atomic E-state index is -0.543. The van der Waals surface area contributed by atoms with E-state index in [1.54, 1.807) is 18.2 Å². The highest BCUT2D eigenvalue weighted by Gasteiger charge is 2.12. The molecule has 3 aromatic carbocycles. The van der Waals surface area contributed by atoms with Gasteiger partial charge in [-0.2, -0.15) is 0 Å². The molecular weight excluding hydrogens is 291 g/mol. The number of para-hydroxylation sites is 3. The Balaban J connectivity index is 1.84. The van der Waals surface area contributed by atoms with E-state index < -0.39 is 11.7 Å². The predicted molar refractivity (Wildman–Crippen MR) is 90.5 cm³/mol. The molecule has 0 unspecified atom stereocenters. The number of carbonyl (C=O) groups is 1. The van der Waals surface area contributed by atoms with E-state index in [0.29, 0.717) is 5.69 Å². The van der Waals surface area contributed by atoms with E-state index in [1.165, 1.54) is 12.1 Å². The number of hydrogen-bond acceptors (Lipinski definition) is 2. The topological polar surface area (TPSA) is 41.1 Å². The standard InChI is InChI=1S/C19H15FN2O/c20-16-11-5-4-10-15(16)19(23)22-18-13-7-6-12-17(18)21-14-8-2-1-3-9-14/h1-13,21H,(H,22,23). The van der Waals surface area contributed by atoms with Crippen molar-refractivity contribution in [1.82, 2.24) is 0 Å². The van der Waals surface area contributed by atoms with E-state index in [-0.39, 0.29) is 5.56 Å². The molecule has 0 heterocycles. The SMILES string of the molecule is O=C(Nc1ccccc1Nc1ccccc1)c1ccccc1F. The molecule has 3 nitrogen and oxygen atoms in total. The van der Waals surface area contributed by atoms with Gasteiger partial charge in [0.05, 0.1) is 16.9 Å². The third-order valence-electron chi connectivity index (χ3n) is 3.35. The Hall–Kier alpha value is -3.14. The van der Waals surface area contributed by atoms with Crippen molar-refractivity contribution in [2.45, 2.75) is 0 Å². The Bertz CT molecular complexity index is 818. The van der Waals surface area contributed by atoms with Gasteiger partial charge in [0.25, 0.3) is 5.91 Å². The maximum atomic E-state index is 13.7. The van der Waals surface area contributed by atoms with Gasteiger partial charge in [0.1, 0.15) is 5.82 Å². The summed E-state index contributed by atoms with van der Waals surface area (Å²) < 4.78 is 13.7. The molecule has 23 heavy (non-hydrogen) atoms. The molecule has 0 aliphatic rings. The van der Waals surface area contributed by atoms with Gasteiger partial charge in [-0.05, 0) is 36.4 Å². The first-order valence-electron chi connectivity index (χ1n) is 7.21. The van der Waals surface area contributed by atoms with Crippen molar-refractivity contribution >= 4 is 23.0 Å². The summed E-state index contributed by atoms with van der Waals surface area (Å²) in [5.41, 5.74) is 2.25. The van der Waals surface area contributed by atoms with Gasteiger partial charge in [-0.25, -0.2) is 4.39 Å². The fourth-order valence-electron chi connectivity index (χ4n) is 2.21. The molecule has 3 aromatic rings. The number of halogens is 1. The van der Waals surface area contributed by atoms with Crippen LogP contribution >= 0.6 is 0 Å². The number of amides is 1. The van der Waals surface area contributed by atoms with Crippen molar-refractivity contribution in [2.75, 3.05) is 10.6 Å². The normalized spacial score (nSPS) is 10.1. The highest BCUT2D eigenvalue weighted by Crippen LogP contribution is 2.25. The Kier molecular flexibility index (Phi) is 4.34. The van der Waals surface area contributed by atoms with Gasteiger partial charge < -0.3 is 10.6 Å². The summed E-state index contributed by atoms with van der Waals surface area (Å²) in [4.78, 5) is 12.3. The lowest BCUT2D eigenvalue weighted by atomic mass is 10.2. The second kappa shape index (κ2) is 6.75. The molecule has 0 atom stereocenters. The lowest BCUT2D eigenvalue weighted by molar-refractivity contribution is 0.102. The van der Waals surface area contributed by atoms with E-state index in [2.05, 4.69) is 10.6 Å². The molecule has 0 aliphatic heterocycles. The minimum Gasteiger partial charge on any atom is -0.354 e. The first-order valence-corrected chi connectivity index (χ1v) is 7.21. The summed E-state index contributed by atoms with van der Waals surface area (Å²) in [5, 5.41) is 5.98. The van der Waals surface area contributed by atoms with Gasteiger partial charge in [-0.3, -0.25) is 4.79 Å². The van der Waals surface area contributed by atoms with Crippen molar-refractivity contribution in [3.05, 3.63) is 90.2 Å². The molecule has 0 saturated heterocycles. The number of rotatable bonds is 4. The summed E-state index contributed by atoms with van der Waals surface area (Å²) in [5.74, 6) is -1.02. The fourth-order valence-corrected chi connectivity index (χ4v) is 2.21. The Labute approximate surface area is 133 Å². The maximum Gasteiger partial charge on any atom is 0.258 e. The van der Waals surface area contributed by atoms with Gasteiger partial charge in [0, 0.05) is 5.69 Å². The summed E-state index contributed by atoms with van der Waals surface area (Å²) in [6.45, 7) is 0. The Morgan fingerprint density at radius 2 is 1.35 bits per heavy atom. The average molecular weight is 306 g/mol. The van der Waals surface area contributed by atoms with Crippen LogP contribution < -0.4 is 10.6 Å². The molecule has 0 spiro atoms. The molecular formula is C19H15FN2O. The van der Waals surface area contributed by atoms with Crippen molar-refractivity contribution in [2.24, 2.45) is 0 Å². The van der Waals surface area contributed by atoms with Crippen LogP contribution in [0.25, 0.3) is 0 Å². The zero-order chi connectivity index (χ0) is 16.1. The summed E-state index contributed by atoms with van der Waals surface area (Å²) in [6, 6.07) is 22.8. The Morgan fingerprint density at radius 3 is 2.09 bits per heavy atom. The third-order valence-corrected chi connectivity index (χ3v) is 3.35. The summed E-state index contributed by atoms with van der Waals surface area (Å²) in [6.07, 6.45) is 0. The second-order valence-electron chi connectivity index (χ2n) is 4.97. The van der Waals surface area contributed by atoms with Crippen LogP contribution in [-0.2, 0) is 0 Å². The van der Waals surface area contributed by atoms with E-state index in [1.807, 2.05) is 48.5 Å². The van der Waals surface area contributed by atoms with Gasteiger partial charge in [0.2, 0.25) is 0 Å². The van der Waals surface area contributed by atoms with Crippen molar-refractivity contribution in [3.63, 3.8) is 0 Å². The van der Waals surface area contributed by atoms with Gasteiger partial charge in [-0.1, -0.05) is 42.5 Å². The molecule has 2 N–H and O–H groups in total. The lowest BCUT2D eigenvalue weighted by Crippen LogP contribution is -2.14. The van der Waals surface area contributed by atoms with E-state index in [0.717, 1.165) is 11.4 Å². The largest absolute Gasteiger partial charge is 0.354 e. The van der Waals surface area contributed by atoms with E-state index in [4.69, 9.17) is 0 Å². The maximum absolute atomic E-state index is 13.7. The highest BCUT2D eigenvalue weighted by atomic mass is 19.1. The summed E-state index contributed by atoms with van der Waals surface area (Å²) in [7, 11) is 0. The number of carbonyl (C=O) groups excluding carboxylic acids is 1. The van der Waals surface area contributed by atoms with Crippen molar-refractivity contribution in [3.8, 4) is 0 Å². The van der Waals surface area contributed by atoms with Gasteiger partial charge in [0.15, 0.2) is 0 Å². The quantitative estimate of drug-likeness (QED) is 0.725. The van der Waals surface area contributed by atoms with E-state index >= 15 is 0 Å². The smallest absolute Gasteiger partial charge is 0.258 e. The van der Waals surface area contributed by atoms with Crippen molar-refractivity contribution < 1.29 is 9.18 Å². The van der Waals surface area contributed by atoms with Crippen LogP contribution in [0.4, 0.5) is 21.5 Å². The van der Waals surface area contributed by atoms with Crippen LogP contribution in [0.2, 0.25) is 0 Å². The molecule has 0 radical (unpaired) electrons. The molecule has 4 heteroatoms. The van der Waals surface area contributed by atoms with Gasteiger partial charge >= 0.3 is 0 Å². The Morgan fingerprint density at radius 1 is 0.739 bits per heavy atom. The number of nitrogens with one attached hydrogen (secondary N) is 2. The first-order chi connectivity index (χ1) is 11.2. The molecule has 0 aliphatic carbocycles. The van der Waals surface area contributed by atoms with Crippen LogP contribution in [-0.4, -0.2) is 5.91 Å². The molecule has 1 amide bonds. The summed E-state index contributed by atoms with van der Waals surface area (Å²) >= 11 is 0. The van der Waals surface area contributed by atoms with Crippen LogP contribution in [0.15, 0.2) is 78.9 Å². The number of benzene rings is 3. The molecule has 0 bridgehead atoms. The van der Waals surface area contributed by atoms with Crippen molar-refractivity contribution in [1.29, 1.82) is 0 Å². The molecule has 114 valence electrons. The highest BCUT2D eigenvalue weighted by molar-refractivity contribution is 6.06. The third kappa shape index (κ3) is 3.55. The monoisotopic (exact) mass is 306 g/mol. The zero-order valence-electron chi connectivity index (χ0n) is 12.3. The number of anilines is 3.